The summed E-state index contributed by atoms with van der Waals surface area (Å²) in [5.74, 6) is -1.96. The fourth-order valence-corrected chi connectivity index (χ4v) is 3.77. The van der Waals surface area contributed by atoms with Crippen molar-refractivity contribution in [1.82, 2.24) is 14.8 Å². The van der Waals surface area contributed by atoms with Crippen molar-refractivity contribution < 1.29 is 19.6 Å². The lowest BCUT2D eigenvalue weighted by Crippen LogP contribution is -2.31. The van der Waals surface area contributed by atoms with Gasteiger partial charge in [-0.25, -0.2) is 14.5 Å². The molecule has 2 aromatic heterocycles. The van der Waals surface area contributed by atoms with E-state index in [1.807, 2.05) is 0 Å². The number of hydrogen-bond donors (Lipinski definition) is 2. The average molecular weight is 451 g/mol. The van der Waals surface area contributed by atoms with Gasteiger partial charge < -0.3 is 10.4 Å². The number of carboxylic acids is 1. The second-order valence-electron chi connectivity index (χ2n) is 6.56. The number of hydrogen-bond acceptors (Lipinski definition) is 8. The number of carboxylic acid groups (broad SMARTS) is 1. The van der Waals surface area contributed by atoms with Gasteiger partial charge in [-0.1, -0.05) is 30.3 Å². The molecule has 0 bridgehead atoms. The third kappa shape index (κ3) is 4.06. The summed E-state index contributed by atoms with van der Waals surface area (Å²) in [6, 6.07) is 12.0. The Morgan fingerprint density at radius 2 is 1.91 bits per heavy atom. The first kappa shape index (κ1) is 20.8. The zero-order chi connectivity index (χ0) is 22.8. The maximum absolute atomic E-state index is 12.6. The van der Waals surface area contributed by atoms with E-state index in [1.165, 1.54) is 30.3 Å². The second-order valence-corrected chi connectivity index (χ2v) is 7.41. The van der Waals surface area contributed by atoms with Gasteiger partial charge in [0.25, 0.3) is 11.2 Å². The van der Waals surface area contributed by atoms with Gasteiger partial charge >= 0.3 is 5.97 Å². The lowest BCUT2D eigenvalue weighted by atomic mass is 10.1. The number of nitrogens with zero attached hydrogens (tertiary/aromatic N) is 4. The Labute approximate surface area is 182 Å². The van der Waals surface area contributed by atoms with Crippen molar-refractivity contribution in [2.75, 3.05) is 5.32 Å². The molecule has 1 amide bonds. The number of rotatable bonds is 6. The lowest BCUT2D eigenvalue weighted by Gasteiger charge is -2.08. The van der Waals surface area contributed by atoms with E-state index in [9.17, 15) is 29.6 Å². The highest BCUT2D eigenvalue weighted by molar-refractivity contribution is 7.14. The Balaban J connectivity index is 1.57. The van der Waals surface area contributed by atoms with Crippen LogP contribution in [0, 0.1) is 10.1 Å². The average Bonchev–Trinajstić information content (AvgIpc) is 3.24. The number of thiazole rings is 1. The van der Waals surface area contributed by atoms with E-state index < -0.39 is 28.9 Å². The summed E-state index contributed by atoms with van der Waals surface area (Å²) in [5, 5.41) is 28.9. The van der Waals surface area contributed by atoms with Crippen LogP contribution in [0.4, 0.5) is 10.8 Å². The van der Waals surface area contributed by atoms with Crippen LogP contribution in [0.5, 0.6) is 0 Å². The zero-order valence-electron chi connectivity index (χ0n) is 16.1. The van der Waals surface area contributed by atoms with Gasteiger partial charge in [-0.2, -0.15) is 5.10 Å². The molecule has 0 aliphatic carbocycles. The Morgan fingerprint density at radius 3 is 2.62 bits per heavy atom. The molecule has 0 unspecified atom stereocenters. The zero-order valence-corrected chi connectivity index (χ0v) is 16.9. The highest BCUT2D eigenvalue weighted by Gasteiger charge is 2.18. The van der Waals surface area contributed by atoms with E-state index in [1.54, 1.807) is 23.6 Å². The van der Waals surface area contributed by atoms with Gasteiger partial charge in [0.2, 0.25) is 5.91 Å². The number of aromatic carboxylic acids is 1. The third-order valence-electron chi connectivity index (χ3n) is 4.47. The van der Waals surface area contributed by atoms with E-state index in [0.29, 0.717) is 11.3 Å². The molecule has 2 aromatic carbocycles. The predicted octanol–water partition coefficient (Wildman–Crippen LogP) is 2.77. The van der Waals surface area contributed by atoms with Gasteiger partial charge in [0.05, 0.1) is 16.0 Å². The van der Waals surface area contributed by atoms with Crippen molar-refractivity contribution in [1.29, 1.82) is 0 Å². The highest BCUT2D eigenvalue weighted by atomic mass is 32.1. The molecule has 4 rings (SSSR count). The lowest BCUT2D eigenvalue weighted by molar-refractivity contribution is -0.384. The molecule has 12 heteroatoms. The molecular weight excluding hydrogens is 438 g/mol. The summed E-state index contributed by atoms with van der Waals surface area (Å²) in [5.41, 5.74) is -0.0814. The van der Waals surface area contributed by atoms with Crippen LogP contribution in [-0.2, 0) is 11.3 Å². The standard InChI is InChI=1S/C20H13N5O6S/c26-16(9-24-18(27)14-7-2-1-6-13(14)17(23-24)19(28)29)22-20-21-15(10-32-20)11-4-3-5-12(8-11)25(30)31/h1-8,10H,9H2,(H,28,29)(H,21,22,26). The molecule has 0 aliphatic rings. The molecule has 0 aliphatic heterocycles. The first-order valence-corrected chi connectivity index (χ1v) is 9.95. The minimum Gasteiger partial charge on any atom is -0.476 e. The topological polar surface area (TPSA) is 157 Å². The summed E-state index contributed by atoms with van der Waals surface area (Å²) < 4.78 is 0.788. The Bertz CT molecular complexity index is 1440. The van der Waals surface area contributed by atoms with Crippen LogP contribution in [0.25, 0.3) is 22.0 Å². The van der Waals surface area contributed by atoms with Crippen molar-refractivity contribution in [3.8, 4) is 11.3 Å². The molecule has 4 aromatic rings. The fourth-order valence-electron chi connectivity index (χ4n) is 3.04. The molecule has 11 nitrogen and oxygen atoms in total. The molecule has 2 heterocycles. The number of amides is 1. The number of nitro benzene ring substituents is 1. The van der Waals surface area contributed by atoms with Crippen molar-refractivity contribution >= 4 is 44.8 Å². The van der Waals surface area contributed by atoms with Crippen molar-refractivity contribution in [2.24, 2.45) is 0 Å². The van der Waals surface area contributed by atoms with Crippen LogP contribution in [0.1, 0.15) is 10.5 Å². The fraction of sp³-hybridized carbons (Fsp3) is 0.0500. The number of benzene rings is 2. The first-order chi connectivity index (χ1) is 15.3. The number of carbonyl (C=O) groups excluding carboxylic acids is 1. The van der Waals surface area contributed by atoms with E-state index in [0.717, 1.165) is 16.0 Å². The number of aromatic nitrogens is 3. The maximum Gasteiger partial charge on any atom is 0.357 e. The Morgan fingerprint density at radius 1 is 1.16 bits per heavy atom. The molecule has 0 fully saturated rings. The number of non-ortho nitro benzene ring substituents is 1. The smallest absolute Gasteiger partial charge is 0.357 e. The summed E-state index contributed by atoms with van der Waals surface area (Å²) in [7, 11) is 0. The molecular formula is C20H13N5O6S. The van der Waals surface area contributed by atoms with E-state index >= 15 is 0 Å². The van der Waals surface area contributed by atoms with Crippen molar-refractivity contribution in [3.63, 3.8) is 0 Å². The van der Waals surface area contributed by atoms with Crippen molar-refractivity contribution in [3.05, 3.63) is 80.1 Å². The Kier molecular flexibility index (Phi) is 5.43. The van der Waals surface area contributed by atoms with Crippen LogP contribution >= 0.6 is 11.3 Å². The molecule has 0 saturated heterocycles. The summed E-state index contributed by atoms with van der Waals surface area (Å²) in [4.78, 5) is 51.3. The first-order valence-electron chi connectivity index (χ1n) is 9.07. The SMILES string of the molecule is O=C(Cn1nc(C(=O)O)c2ccccc2c1=O)Nc1nc(-c2cccc([N+](=O)[O-])c2)cs1. The van der Waals surface area contributed by atoms with Gasteiger partial charge in [-0.05, 0) is 6.07 Å². The third-order valence-corrected chi connectivity index (χ3v) is 5.22. The van der Waals surface area contributed by atoms with E-state index in [4.69, 9.17) is 0 Å². The van der Waals surface area contributed by atoms with E-state index in [2.05, 4.69) is 15.4 Å². The van der Waals surface area contributed by atoms with Crippen molar-refractivity contribution in [2.45, 2.75) is 6.54 Å². The van der Waals surface area contributed by atoms with E-state index in [-0.39, 0.29) is 27.3 Å². The number of nitrogens with one attached hydrogen (secondary N) is 1. The predicted molar refractivity (Wildman–Crippen MR) is 116 cm³/mol. The largest absolute Gasteiger partial charge is 0.476 e. The highest BCUT2D eigenvalue weighted by Crippen LogP contribution is 2.27. The number of carbonyl (C=O) groups is 2. The Hall–Kier alpha value is -4.45. The number of anilines is 1. The minimum absolute atomic E-state index is 0.0860. The molecule has 32 heavy (non-hydrogen) atoms. The molecule has 160 valence electrons. The molecule has 0 radical (unpaired) electrons. The summed E-state index contributed by atoms with van der Waals surface area (Å²) >= 11 is 1.10. The van der Waals surface area contributed by atoms with Crippen LogP contribution in [0.3, 0.4) is 0 Å². The quantitative estimate of drug-likeness (QED) is 0.335. The molecule has 2 N–H and O–H groups in total. The van der Waals surface area contributed by atoms with Crippen LogP contribution in [0.15, 0.2) is 58.7 Å². The molecule has 0 spiro atoms. The summed E-state index contributed by atoms with van der Waals surface area (Å²) in [6.07, 6.45) is 0. The number of nitro groups is 1. The van der Waals surface area contributed by atoms with Gasteiger partial charge in [-0.15, -0.1) is 11.3 Å². The normalized spacial score (nSPS) is 10.8. The van der Waals surface area contributed by atoms with Crippen LogP contribution < -0.4 is 10.9 Å². The van der Waals surface area contributed by atoms with Gasteiger partial charge in [0.1, 0.15) is 6.54 Å². The van der Waals surface area contributed by atoms with Crippen LogP contribution in [0.2, 0.25) is 0 Å². The molecule has 0 saturated carbocycles. The molecule has 0 atom stereocenters. The monoisotopic (exact) mass is 451 g/mol. The number of fused-ring (bicyclic) bond motifs is 1. The van der Waals surface area contributed by atoms with Gasteiger partial charge in [-0.3, -0.25) is 19.7 Å². The van der Waals surface area contributed by atoms with Gasteiger partial charge in [0.15, 0.2) is 10.8 Å². The second kappa shape index (κ2) is 8.35. The minimum atomic E-state index is -1.32. The maximum atomic E-state index is 12.6. The van der Waals surface area contributed by atoms with Crippen LogP contribution in [-0.4, -0.2) is 36.7 Å². The summed E-state index contributed by atoms with van der Waals surface area (Å²) in [6.45, 7) is -0.518. The van der Waals surface area contributed by atoms with Gasteiger partial charge in [0, 0.05) is 28.5 Å².